The number of aromatic carboxylic acids is 1. The van der Waals surface area contributed by atoms with Crippen molar-refractivity contribution in [2.45, 2.75) is 144 Å². The number of rotatable bonds is 19. The Hall–Kier alpha value is -3.19. The van der Waals surface area contributed by atoms with E-state index in [4.69, 9.17) is 4.74 Å². The maximum Gasteiger partial charge on any atom is 0.410 e. The molecule has 1 heterocycles. The van der Waals surface area contributed by atoms with E-state index < -0.39 is 22.9 Å². The predicted octanol–water partition coefficient (Wildman–Crippen LogP) is 10.3. The number of aromatic amines is 1. The zero-order valence-corrected chi connectivity index (χ0v) is 37.6. The van der Waals surface area contributed by atoms with Gasteiger partial charge in [-0.3, -0.25) is 4.79 Å². The summed E-state index contributed by atoms with van der Waals surface area (Å²) in [6.07, 6.45) is 5.55. The first-order chi connectivity index (χ1) is 25.3. The van der Waals surface area contributed by atoms with Crippen LogP contribution in [0.3, 0.4) is 0 Å². The number of imidazole rings is 1. The first-order valence-corrected chi connectivity index (χ1v) is 21.6. The van der Waals surface area contributed by atoms with Crippen LogP contribution in [0.5, 0.6) is 0 Å². The molecule has 0 aliphatic carbocycles. The number of ether oxygens (including phenoxy) is 1. The topological polar surface area (TPSA) is 145 Å². The molecule has 2 amide bonds. The molecule has 13 heteroatoms. The Morgan fingerprint density at radius 1 is 1.02 bits per heavy atom. The monoisotopic (exact) mass is 796 g/mol. The van der Waals surface area contributed by atoms with Gasteiger partial charge < -0.3 is 34.7 Å². The van der Waals surface area contributed by atoms with Gasteiger partial charge in [0, 0.05) is 32.3 Å². The summed E-state index contributed by atoms with van der Waals surface area (Å²) in [5, 5.41) is 13.0. The van der Waals surface area contributed by atoms with Crippen LogP contribution in [0.2, 0.25) is 0 Å². The Bertz CT molecular complexity index is 1400. The van der Waals surface area contributed by atoms with E-state index in [0.29, 0.717) is 28.3 Å². The van der Waals surface area contributed by atoms with E-state index in [9.17, 15) is 24.3 Å². The first kappa shape index (κ1) is 52.9. The summed E-state index contributed by atoms with van der Waals surface area (Å²) in [5.41, 5.74) is 2.01. The lowest BCUT2D eigenvalue weighted by Gasteiger charge is -2.37. The van der Waals surface area contributed by atoms with Gasteiger partial charge in [0.1, 0.15) is 12.9 Å². The lowest BCUT2D eigenvalue weighted by Crippen LogP contribution is -2.50. The summed E-state index contributed by atoms with van der Waals surface area (Å²) in [5.74, 6) is -0.868. The third kappa shape index (κ3) is 18.9. The fourth-order valence-corrected chi connectivity index (χ4v) is 7.30. The average molecular weight is 796 g/mol. The first-order valence-electron chi connectivity index (χ1n) is 19.5. The molecule has 3 N–H and O–H groups in total. The minimum atomic E-state index is -1.00. The minimum absolute atomic E-state index is 0.0106. The number of carboxylic acids is 1. The lowest BCUT2D eigenvalue weighted by atomic mass is 9.86. The summed E-state index contributed by atoms with van der Waals surface area (Å²) in [7, 11) is 6.29. The molecule has 1 aromatic carbocycles. The van der Waals surface area contributed by atoms with Crippen molar-refractivity contribution in [2.75, 3.05) is 27.2 Å². The van der Waals surface area contributed by atoms with Crippen LogP contribution >= 0.6 is 21.6 Å². The summed E-state index contributed by atoms with van der Waals surface area (Å²) in [4.78, 5) is 59.6. The number of H-pyrrole nitrogens is 1. The van der Waals surface area contributed by atoms with Gasteiger partial charge in [-0.25, -0.2) is 14.6 Å². The van der Waals surface area contributed by atoms with Gasteiger partial charge in [-0.2, -0.15) is 0 Å². The number of likely N-dealkylation sites (N-methyl/N-ethyl adjacent to an activating group) is 2. The molecule has 0 saturated heterocycles. The third-order valence-corrected chi connectivity index (χ3v) is 11.5. The quantitative estimate of drug-likeness (QED) is 0.0928. The number of aldehydes is 1. The number of hydrogen-bond acceptors (Lipinski definition) is 9. The van der Waals surface area contributed by atoms with E-state index in [2.05, 4.69) is 63.4 Å². The number of aromatic nitrogens is 2. The van der Waals surface area contributed by atoms with Crippen molar-refractivity contribution in [1.29, 1.82) is 0 Å². The number of nitrogens with one attached hydrogen (secondary N) is 2. The van der Waals surface area contributed by atoms with Gasteiger partial charge in [-0.15, -0.1) is 0 Å². The summed E-state index contributed by atoms with van der Waals surface area (Å²) in [6.45, 7) is 30.9. The molecule has 11 nitrogen and oxygen atoms in total. The molecule has 0 radical (unpaired) electrons. The van der Waals surface area contributed by atoms with Gasteiger partial charge in [0.25, 0.3) is 0 Å². The molecule has 0 saturated carbocycles. The van der Waals surface area contributed by atoms with Crippen LogP contribution in [0, 0.1) is 17.8 Å². The second-order valence-electron chi connectivity index (χ2n) is 14.2. The highest BCUT2D eigenvalue weighted by molar-refractivity contribution is 8.77. The molecule has 4 atom stereocenters. The molecular weight excluding hydrogens is 723 g/mol. The summed E-state index contributed by atoms with van der Waals surface area (Å²) < 4.78 is 5.23. The molecule has 54 heavy (non-hydrogen) atoms. The second-order valence-corrected chi connectivity index (χ2v) is 17.0. The van der Waals surface area contributed by atoms with Crippen LogP contribution in [0.4, 0.5) is 4.79 Å². The maximum atomic E-state index is 13.2. The van der Waals surface area contributed by atoms with Crippen molar-refractivity contribution in [3.63, 3.8) is 0 Å². The number of unbranched alkanes of at least 4 members (excludes halogenated alkanes) is 1. The molecule has 1 aromatic heterocycles. The standard InChI is InChI=1S/C32H49N5O6S2.C4H10.C3H8.C2H6/c1-11-20(4)28(21(5)14-15-38)36(9)26(39)17-33-22(6)27(19(2)3)37(10)31(42)43-18-32(7,8)45-44-30-34-24-13-12-23(29(40)41)16-25(24)35-30;1-3-4-2;1-3-2;1-2/h12-13,15-16,19-21,27-28,33H,6,11,14,17-18H2,1-5,7-10H3,(H,34,35)(H,40,41);3-4H2,1-2H3;3H2,1-2H3;1-2H3. The van der Waals surface area contributed by atoms with Crippen molar-refractivity contribution in [2.24, 2.45) is 17.8 Å². The molecule has 0 spiro atoms. The fraction of sp³-hybridized carbons (Fsp3) is 0.683. The molecule has 0 aliphatic heterocycles. The van der Waals surface area contributed by atoms with Gasteiger partial charge in [-0.1, -0.05) is 119 Å². The van der Waals surface area contributed by atoms with Crippen LogP contribution in [-0.4, -0.2) is 93.2 Å². The summed E-state index contributed by atoms with van der Waals surface area (Å²) in [6, 6.07) is 4.22. The second kappa shape index (κ2) is 28.3. The van der Waals surface area contributed by atoms with Crippen molar-refractivity contribution in [1.82, 2.24) is 25.1 Å². The van der Waals surface area contributed by atoms with E-state index in [1.54, 1.807) is 31.1 Å². The van der Waals surface area contributed by atoms with Gasteiger partial charge >= 0.3 is 12.1 Å². The Morgan fingerprint density at radius 2 is 1.59 bits per heavy atom. The third-order valence-electron chi connectivity index (χ3n) is 8.38. The Kier molecular flexibility index (Phi) is 27.7. The highest BCUT2D eigenvalue weighted by Gasteiger charge is 2.32. The van der Waals surface area contributed by atoms with Gasteiger partial charge in [-0.05, 0) is 60.6 Å². The van der Waals surface area contributed by atoms with E-state index in [-0.39, 0.29) is 48.4 Å². The molecule has 0 aliphatic rings. The highest BCUT2D eigenvalue weighted by atomic mass is 33.1. The van der Waals surface area contributed by atoms with Crippen molar-refractivity contribution in [3.05, 3.63) is 36.0 Å². The maximum absolute atomic E-state index is 13.2. The number of carboxylic acid groups (broad SMARTS) is 1. The highest BCUT2D eigenvalue weighted by Crippen LogP contribution is 2.40. The fourth-order valence-electron chi connectivity index (χ4n) is 5.31. The van der Waals surface area contributed by atoms with E-state index in [1.807, 2.05) is 48.5 Å². The van der Waals surface area contributed by atoms with Gasteiger partial charge in [0.05, 0.1) is 33.9 Å². The van der Waals surface area contributed by atoms with E-state index in [1.165, 1.54) is 51.8 Å². The number of hydrogen-bond donors (Lipinski definition) is 3. The minimum Gasteiger partial charge on any atom is -0.478 e. The van der Waals surface area contributed by atoms with Crippen LogP contribution < -0.4 is 5.32 Å². The Morgan fingerprint density at radius 3 is 2.07 bits per heavy atom. The Balaban J connectivity index is 0. The van der Waals surface area contributed by atoms with E-state index >= 15 is 0 Å². The predicted molar refractivity (Wildman–Crippen MR) is 229 cm³/mol. The smallest absolute Gasteiger partial charge is 0.410 e. The largest absolute Gasteiger partial charge is 0.478 e. The Labute approximate surface area is 335 Å². The number of fused-ring (bicyclic) bond motifs is 1. The zero-order valence-electron chi connectivity index (χ0n) is 36.0. The number of carbonyl (C=O) groups excluding carboxylic acids is 3. The van der Waals surface area contributed by atoms with Gasteiger partial charge in [0.2, 0.25) is 5.91 Å². The van der Waals surface area contributed by atoms with Crippen molar-refractivity contribution >= 4 is 56.9 Å². The molecule has 2 rings (SSSR count). The van der Waals surface area contributed by atoms with Crippen LogP contribution in [0.25, 0.3) is 11.0 Å². The van der Waals surface area contributed by atoms with Crippen LogP contribution in [0.15, 0.2) is 35.6 Å². The zero-order chi connectivity index (χ0) is 42.2. The molecule has 0 fully saturated rings. The number of amides is 2. The van der Waals surface area contributed by atoms with Crippen LogP contribution in [0.1, 0.15) is 132 Å². The lowest BCUT2D eigenvalue weighted by molar-refractivity contribution is -0.133. The molecule has 310 valence electrons. The van der Waals surface area contributed by atoms with Crippen molar-refractivity contribution in [3.8, 4) is 0 Å². The van der Waals surface area contributed by atoms with Crippen molar-refractivity contribution < 1.29 is 29.0 Å². The molecular formula is C41H73N5O6S2. The number of nitrogens with zero attached hydrogens (tertiary/aromatic N) is 3. The SMILES string of the molecule is C=C(NCC(=O)N(C)C(C(C)CC)C(C)CC=O)C(C(C)C)N(C)C(=O)OCC(C)(C)SSc1nc2ccc(C(=O)O)cc2[nH]1.CC.CCC.CCCC. The molecule has 0 bridgehead atoms. The molecule has 4 unspecified atom stereocenters. The number of carbonyl (C=O) groups is 4. The summed E-state index contributed by atoms with van der Waals surface area (Å²) >= 11 is 0. The normalized spacial score (nSPS) is 13.0. The van der Waals surface area contributed by atoms with E-state index in [0.717, 1.165) is 12.7 Å². The molecule has 2 aromatic rings. The average Bonchev–Trinajstić information content (AvgIpc) is 3.55. The number of benzene rings is 1. The van der Waals surface area contributed by atoms with Crippen LogP contribution in [-0.2, 0) is 14.3 Å². The van der Waals surface area contributed by atoms with Gasteiger partial charge in [0.15, 0.2) is 5.16 Å².